The van der Waals surface area contributed by atoms with Crippen molar-refractivity contribution in [2.45, 2.75) is 0 Å². The first kappa shape index (κ1) is 9.41. The summed E-state index contributed by atoms with van der Waals surface area (Å²) in [7, 11) is 0. The van der Waals surface area contributed by atoms with Crippen LogP contribution in [0.25, 0.3) is 0 Å². The van der Waals surface area contributed by atoms with E-state index in [9.17, 15) is 14.4 Å². The molecule has 0 heterocycles. The van der Waals surface area contributed by atoms with Crippen LogP contribution in [0.3, 0.4) is 0 Å². The molecule has 0 atom stereocenters. The van der Waals surface area contributed by atoms with Crippen LogP contribution < -0.4 is 17.2 Å². The molecular formula is C5H8N3O3. The minimum absolute atomic E-state index is 1.25. The van der Waals surface area contributed by atoms with E-state index >= 15 is 0 Å². The number of nitrogens with two attached hydrogens (primary N) is 3. The molecule has 0 bridgehead atoms. The zero-order chi connectivity index (χ0) is 9.23. The Morgan fingerprint density at radius 3 is 1.09 bits per heavy atom. The second kappa shape index (κ2) is 2.57. The third-order valence-corrected chi connectivity index (χ3v) is 1.26. The molecule has 0 saturated carbocycles. The predicted octanol–water partition coefficient (Wildman–Crippen LogP) is -2.74. The fraction of sp³-hybridized carbons (Fsp3) is 0.200. The summed E-state index contributed by atoms with van der Waals surface area (Å²) in [6.45, 7) is 2.94. The molecule has 6 heteroatoms. The second-order valence-corrected chi connectivity index (χ2v) is 2.00. The monoisotopic (exact) mass is 158 g/mol. The van der Waals surface area contributed by atoms with E-state index in [-0.39, 0.29) is 0 Å². The van der Waals surface area contributed by atoms with Crippen LogP contribution in [0.15, 0.2) is 0 Å². The summed E-state index contributed by atoms with van der Waals surface area (Å²) in [4.78, 5) is 31.4. The van der Waals surface area contributed by atoms with Crippen LogP contribution in [0.5, 0.6) is 0 Å². The van der Waals surface area contributed by atoms with Crippen molar-refractivity contribution in [2.24, 2.45) is 22.6 Å². The molecule has 0 aromatic carbocycles. The summed E-state index contributed by atoms with van der Waals surface area (Å²) in [6.07, 6.45) is 0. The third kappa shape index (κ3) is 1.28. The lowest BCUT2D eigenvalue weighted by Crippen LogP contribution is -2.54. The molecule has 61 valence electrons. The first-order valence-corrected chi connectivity index (χ1v) is 2.58. The maximum atomic E-state index is 10.5. The fourth-order valence-electron chi connectivity index (χ4n) is 0.364. The predicted molar refractivity (Wildman–Crippen MR) is 35.4 cm³/mol. The first-order chi connectivity index (χ1) is 4.83. The Bertz CT molecular complexity index is 187. The minimum atomic E-state index is -2.33. The average Bonchev–Trinajstić information content (AvgIpc) is 1.84. The van der Waals surface area contributed by atoms with Crippen molar-refractivity contribution in [1.29, 1.82) is 0 Å². The molecule has 0 rings (SSSR count). The van der Waals surface area contributed by atoms with Crippen molar-refractivity contribution in [2.75, 3.05) is 0 Å². The van der Waals surface area contributed by atoms with Gasteiger partial charge >= 0.3 is 0 Å². The van der Waals surface area contributed by atoms with Gasteiger partial charge in [-0.3, -0.25) is 14.4 Å². The number of amides is 3. The lowest BCUT2D eigenvalue weighted by Gasteiger charge is -2.16. The third-order valence-electron chi connectivity index (χ3n) is 1.26. The van der Waals surface area contributed by atoms with Gasteiger partial charge in [-0.2, -0.15) is 0 Å². The summed E-state index contributed by atoms with van der Waals surface area (Å²) in [5.41, 5.74) is 11.7. The molecule has 0 aliphatic carbocycles. The van der Waals surface area contributed by atoms with Gasteiger partial charge in [-0.1, -0.05) is 0 Å². The molecule has 3 amide bonds. The van der Waals surface area contributed by atoms with Gasteiger partial charge in [0.2, 0.25) is 23.1 Å². The van der Waals surface area contributed by atoms with E-state index in [2.05, 4.69) is 24.1 Å². The number of carbonyl (C=O) groups is 3. The summed E-state index contributed by atoms with van der Waals surface area (Å²) >= 11 is 0. The van der Waals surface area contributed by atoms with Gasteiger partial charge in [0.1, 0.15) is 0 Å². The van der Waals surface area contributed by atoms with Gasteiger partial charge in [-0.15, -0.1) is 0 Å². The Balaban J connectivity index is 4.99. The Hall–Kier alpha value is -1.59. The molecule has 0 aliphatic rings. The van der Waals surface area contributed by atoms with E-state index in [0.717, 1.165) is 0 Å². The Kier molecular flexibility index (Phi) is 2.20. The maximum Gasteiger partial charge on any atom is 0.242 e. The van der Waals surface area contributed by atoms with Gasteiger partial charge in [-0.25, -0.2) is 0 Å². The van der Waals surface area contributed by atoms with Gasteiger partial charge in [0, 0.05) is 0 Å². The summed E-state index contributed by atoms with van der Waals surface area (Å²) in [5, 5.41) is 0. The molecule has 6 nitrogen and oxygen atoms in total. The van der Waals surface area contributed by atoms with E-state index in [1.54, 1.807) is 0 Å². The highest BCUT2D eigenvalue weighted by Gasteiger charge is 2.44. The number of hydrogen-bond acceptors (Lipinski definition) is 3. The minimum Gasteiger partial charge on any atom is -0.368 e. The van der Waals surface area contributed by atoms with Crippen LogP contribution in [-0.4, -0.2) is 17.7 Å². The summed E-state index contributed by atoms with van der Waals surface area (Å²) in [5.74, 6) is -3.76. The standard InChI is InChI=1S/C5H8N3O3/c1-5(2(6)9,3(7)10)4(8)11/h1H2,(H2,6,9)(H2,7,10)(H2,8,11). The van der Waals surface area contributed by atoms with Crippen LogP contribution >= 0.6 is 0 Å². The van der Waals surface area contributed by atoms with Gasteiger partial charge in [0.25, 0.3) is 0 Å². The lowest BCUT2D eigenvalue weighted by molar-refractivity contribution is -0.144. The van der Waals surface area contributed by atoms with Crippen molar-refractivity contribution >= 4 is 17.7 Å². The molecule has 0 unspecified atom stereocenters. The highest BCUT2D eigenvalue weighted by atomic mass is 16.2. The van der Waals surface area contributed by atoms with Gasteiger partial charge in [-0.05, 0) is 6.92 Å². The maximum absolute atomic E-state index is 10.5. The molecule has 0 spiro atoms. The fourth-order valence-corrected chi connectivity index (χ4v) is 0.364. The second-order valence-electron chi connectivity index (χ2n) is 2.00. The van der Waals surface area contributed by atoms with Crippen LogP contribution in [0.1, 0.15) is 0 Å². The molecule has 0 fully saturated rings. The zero-order valence-electron chi connectivity index (χ0n) is 5.66. The highest BCUT2D eigenvalue weighted by molar-refractivity contribution is 6.22. The molecule has 0 aliphatic heterocycles. The summed E-state index contributed by atoms with van der Waals surface area (Å²) in [6, 6.07) is 0. The summed E-state index contributed by atoms with van der Waals surface area (Å²) < 4.78 is 0. The van der Waals surface area contributed by atoms with Crippen molar-refractivity contribution in [3.05, 3.63) is 6.92 Å². The highest BCUT2D eigenvalue weighted by Crippen LogP contribution is 2.12. The molecule has 6 N–H and O–H groups in total. The number of carbonyl (C=O) groups excluding carboxylic acids is 3. The number of primary amides is 3. The molecule has 0 saturated heterocycles. The number of rotatable bonds is 3. The van der Waals surface area contributed by atoms with E-state index < -0.39 is 23.1 Å². The molecule has 0 aromatic rings. The molecular weight excluding hydrogens is 150 g/mol. The van der Waals surface area contributed by atoms with Gasteiger partial charge < -0.3 is 17.2 Å². The van der Waals surface area contributed by atoms with E-state index in [1.165, 1.54) is 0 Å². The van der Waals surface area contributed by atoms with Crippen molar-refractivity contribution in [3.63, 3.8) is 0 Å². The molecule has 1 radical (unpaired) electrons. The zero-order valence-corrected chi connectivity index (χ0v) is 5.66. The van der Waals surface area contributed by atoms with Gasteiger partial charge in [0.15, 0.2) is 0 Å². The van der Waals surface area contributed by atoms with E-state index in [1.807, 2.05) is 0 Å². The first-order valence-electron chi connectivity index (χ1n) is 2.58. The average molecular weight is 158 g/mol. The lowest BCUT2D eigenvalue weighted by atomic mass is 9.88. The Labute approximate surface area is 62.7 Å². The van der Waals surface area contributed by atoms with Crippen molar-refractivity contribution in [1.82, 2.24) is 0 Å². The van der Waals surface area contributed by atoms with Crippen molar-refractivity contribution < 1.29 is 14.4 Å². The number of hydrogen-bond donors (Lipinski definition) is 3. The van der Waals surface area contributed by atoms with Crippen molar-refractivity contribution in [3.8, 4) is 0 Å². The Morgan fingerprint density at radius 1 is 0.909 bits per heavy atom. The van der Waals surface area contributed by atoms with Crippen LogP contribution in [0.2, 0.25) is 0 Å². The van der Waals surface area contributed by atoms with Gasteiger partial charge in [0.05, 0.1) is 0 Å². The SMILES string of the molecule is [CH2]C(C(N)=O)(C(N)=O)C(N)=O. The topological polar surface area (TPSA) is 129 Å². The quantitative estimate of drug-likeness (QED) is 0.385. The van der Waals surface area contributed by atoms with Crippen LogP contribution in [-0.2, 0) is 14.4 Å². The molecule has 0 aromatic heterocycles. The van der Waals surface area contributed by atoms with Crippen LogP contribution in [0, 0.1) is 12.3 Å². The van der Waals surface area contributed by atoms with E-state index in [0.29, 0.717) is 0 Å². The largest absolute Gasteiger partial charge is 0.368 e. The smallest absolute Gasteiger partial charge is 0.242 e. The molecule has 11 heavy (non-hydrogen) atoms. The van der Waals surface area contributed by atoms with Crippen LogP contribution in [0.4, 0.5) is 0 Å². The van der Waals surface area contributed by atoms with E-state index in [4.69, 9.17) is 0 Å². The normalized spacial score (nSPS) is 10.6. The Morgan fingerprint density at radius 2 is 1.09 bits per heavy atom.